The zero-order chi connectivity index (χ0) is 16.8. The van der Waals surface area contributed by atoms with Gasteiger partial charge in [0.2, 0.25) is 0 Å². The summed E-state index contributed by atoms with van der Waals surface area (Å²) in [5, 5.41) is 14.7. The summed E-state index contributed by atoms with van der Waals surface area (Å²) in [6.07, 6.45) is -0.0293. The van der Waals surface area contributed by atoms with Crippen LogP contribution in [0.2, 0.25) is 0 Å². The van der Waals surface area contributed by atoms with Gasteiger partial charge in [0.15, 0.2) is 0 Å². The van der Waals surface area contributed by atoms with Crippen molar-refractivity contribution in [2.45, 2.75) is 12.5 Å². The predicted molar refractivity (Wildman–Crippen MR) is 84.3 cm³/mol. The van der Waals surface area contributed by atoms with Gasteiger partial charge in [0.25, 0.3) is 5.91 Å². The van der Waals surface area contributed by atoms with Crippen LogP contribution in [0.15, 0.2) is 41.8 Å². The first-order valence-electron chi connectivity index (χ1n) is 6.67. The third-order valence-electron chi connectivity index (χ3n) is 3.13. The monoisotopic (exact) mass is 334 g/mol. The number of benzene rings is 1. The molecule has 1 aromatic heterocycles. The average Bonchev–Trinajstić information content (AvgIpc) is 3.05. The second-order valence-corrected chi connectivity index (χ2v) is 5.54. The molecule has 0 saturated carbocycles. The van der Waals surface area contributed by atoms with Crippen molar-refractivity contribution in [1.82, 2.24) is 5.32 Å². The van der Waals surface area contributed by atoms with E-state index in [9.17, 15) is 19.7 Å². The van der Waals surface area contributed by atoms with Gasteiger partial charge in [-0.05, 0) is 5.56 Å². The van der Waals surface area contributed by atoms with E-state index in [2.05, 4.69) is 10.1 Å². The van der Waals surface area contributed by atoms with Gasteiger partial charge in [-0.15, -0.1) is 0 Å². The number of amides is 1. The lowest BCUT2D eigenvalue weighted by molar-refractivity contribution is -0.380. The Kier molecular flexibility index (Phi) is 5.42. The molecule has 2 rings (SSSR count). The van der Waals surface area contributed by atoms with Crippen LogP contribution in [0.25, 0.3) is 0 Å². The summed E-state index contributed by atoms with van der Waals surface area (Å²) in [5.74, 6) is -0.942. The Morgan fingerprint density at radius 2 is 2.04 bits per heavy atom. The van der Waals surface area contributed by atoms with Gasteiger partial charge < -0.3 is 10.1 Å². The number of hydrogen-bond donors (Lipinski definition) is 1. The van der Waals surface area contributed by atoms with Crippen molar-refractivity contribution in [2.75, 3.05) is 7.11 Å². The fraction of sp³-hybridized carbons (Fsp3) is 0.200. The third kappa shape index (κ3) is 4.36. The summed E-state index contributed by atoms with van der Waals surface area (Å²) in [4.78, 5) is 33.9. The molecule has 0 fully saturated rings. The molecule has 23 heavy (non-hydrogen) atoms. The molecule has 0 bridgehead atoms. The summed E-state index contributed by atoms with van der Waals surface area (Å²) in [6, 6.07) is 9.61. The molecular formula is C15H14N2O5S. The first-order valence-corrected chi connectivity index (χ1v) is 7.54. The number of hydrogen-bond acceptors (Lipinski definition) is 6. The number of carbonyl (C=O) groups is 2. The molecule has 0 spiro atoms. The van der Waals surface area contributed by atoms with Gasteiger partial charge in [0, 0.05) is 11.4 Å². The summed E-state index contributed by atoms with van der Waals surface area (Å²) < 4.78 is 4.65. The van der Waals surface area contributed by atoms with Crippen molar-refractivity contribution in [1.29, 1.82) is 0 Å². The van der Waals surface area contributed by atoms with E-state index in [1.54, 1.807) is 24.3 Å². The Labute approximate surface area is 136 Å². The number of rotatable bonds is 6. The maximum Gasteiger partial charge on any atom is 0.324 e. The van der Waals surface area contributed by atoms with E-state index >= 15 is 0 Å². The number of nitrogens with zero attached hydrogens (tertiary/aromatic N) is 1. The van der Waals surface area contributed by atoms with Crippen molar-refractivity contribution in [3.05, 3.63) is 63.0 Å². The van der Waals surface area contributed by atoms with Gasteiger partial charge in [-0.2, -0.15) is 0 Å². The Bertz CT molecular complexity index is 714. The molecule has 1 heterocycles. The van der Waals surface area contributed by atoms with Crippen LogP contribution < -0.4 is 5.32 Å². The highest BCUT2D eigenvalue weighted by molar-refractivity contribution is 7.13. The van der Waals surface area contributed by atoms with Gasteiger partial charge >= 0.3 is 11.0 Å². The number of methoxy groups -OCH3 is 1. The minimum Gasteiger partial charge on any atom is -0.469 e. The summed E-state index contributed by atoms with van der Waals surface area (Å²) in [7, 11) is 1.27. The molecule has 0 aliphatic carbocycles. The number of nitrogens with one attached hydrogen (secondary N) is 1. The highest BCUT2D eigenvalue weighted by Gasteiger charge is 2.21. The lowest BCUT2D eigenvalue weighted by atomic mass is 10.0. The number of esters is 1. The van der Waals surface area contributed by atoms with E-state index in [4.69, 9.17) is 0 Å². The van der Waals surface area contributed by atoms with Crippen LogP contribution in [0.3, 0.4) is 0 Å². The van der Waals surface area contributed by atoms with E-state index < -0.39 is 22.8 Å². The molecule has 8 heteroatoms. The van der Waals surface area contributed by atoms with Crippen molar-refractivity contribution >= 4 is 28.2 Å². The Balaban J connectivity index is 2.17. The van der Waals surface area contributed by atoms with E-state index in [1.165, 1.54) is 18.6 Å². The smallest absolute Gasteiger partial charge is 0.324 e. The van der Waals surface area contributed by atoms with Crippen LogP contribution in [0.1, 0.15) is 28.4 Å². The highest BCUT2D eigenvalue weighted by atomic mass is 32.1. The summed E-state index contributed by atoms with van der Waals surface area (Å²) >= 11 is 0.876. The Morgan fingerprint density at radius 1 is 1.35 bits per heavy atom. The first-order chi connectivity index (χ1) is 11.0. The fourth-order valence-electron chi connectivity index (χ4n) is 1.97. The standard InChI is InChI=1S/C15H14N2O5S/c1-22-14(18)8-12(10-5-3-2-4-6-10)16-15(19)11-7-13(17(20)21)23-9-11/h2-7,9,12H,8H2,1H3,(H,16,19). The molecule has 1 atom stereocenters. The molecular weight excluding hydrogens is 320 g/mol. The number of nitro groups is 1. The minimum absolute atomic E-state index is 0.0293. The van der Waals surface area contributed by atoms with E-state index in [1.807, 2.05) is 6.07 Å². The first kappa shape index (κ1) is 16.6. The quantitative estimate of drug-likeness (QED) is 0.497. The van der Waals surface area contributed by atoms with Crippen LogP contribution in [-0.2, 0) is 9.53 Å². The normalized spacial score (nSPS) is 11.5. The SMILES string of the molecule is COC(=O)CC(NC(=O)c1csc([N+](=O)[O-])c1)c1ccccc1. The Hall–Kier alpha value is -2.74. The second kappa shape index (κ2) is 7.50. The van der Waals surface area contributed by atoms with Crippen molar-refractivity contribution in [3.8, 4) is 0 Å². The molecule has 0 aliphatic rings. The van der Waals surface area contributed by atoms with Gasteiger partial charge in [-0.25, -0.2) is 0 Å². The lowest BCUT2D eigenvalue weighted by Crippen LogP contribution is -2.30. The molecule has 0 radical (unpaired) electrons. The van der Waals surface area contributed by atoms with Crippen LogP contribution in [0.5, 0.6) is 0 Å². The minimum atomic E-state index is -0.574. The van der Waals surface area contributed by atoms with Gasteiger partial charge in [0.1, 0.15) is 0 Å². The molecule has 120 valence electrons. The fourth-order valence-corrected chi connectivity index (χ4v) is 2.67. The second-order valence-electron chi connectivity index (χ2n) is 4.65. The molecule has 1 unspecified atom stereocenters. The van der Waals surface area contributed by atoms with Crippen molar-refractivity contribution in [3.63, 3.8) is 0 Å². The largest absolute Gasteiger partial charge is 0.469 e. The molecule has 7 nitrogen and oxygen atoms in total. The molecule has 2 aromatic rings. The molecule has 1 N–H and O–H groups in total. The van der Waals surface area contributed by atoms with Crippen LogP contribution in [0.4, 0.5) is 5.00 Å². The topological polar surface area (TPSA) is 98.5 Å². The number of ether oxygens (including phenoxy) is 1. The maximum atomic E-state index is 12.3. The average molecular weight is 334 g/mol. The molecule has 1 aromatic carbocycles. The van der Waals surface area contributed by atoms with Crippen molar-refractivity contribution in [2.24, 2.45) is 0 Å². The van der Waals surface area contributed by atoms with E-state index in [-0.39, 0.29) is 17.0 Å². The van der Waals surface area contributed by atoms with Crippen LogP contribution >= 0.6 is 11.3 Å². The summed E-state index contributed by atoms with van der Waals surface area (Å²) in [6.45, 7) is 0. The van der Waals surface area contributed by atoms with Crippen LogP contribution in [-0.4, -0.2) is 23.9 Å². The lowest BCUT2D eigenvalue weighted by Gasteiger charge is -2.17. The van der Waals surface area contributed by atoms with E-state index in [0.29, 0.717) is 0 Å². The van der Waals surface area contributed by atoms with Gasteiger partial charge in [-0.1, -0.05) is 41.7 Å². The zero-order valence-corrected chi connectivity index (χ0v) is 13.0. The molecule has 1 amide bonds. The zero-order valence-electron chi connectivity index (χ0n) is 12.2. The van der Waals surface area contributed by atoms with E-state index in [0.717, 1.165) is 16.9 Å². The predicted octanol–water partition coefficient (Wildman–Crippen LogP) is 2.69. The van der Waals surface area contributed by atoms with Gasteiger partial charge in [0.05, 0.1) is 30.1 Å². The highest BCUT2D eigenvalue weighted by Crippen LogP contribution is 2.24. The number of carbonyl (C=O) groups excluding carboxylic acids is 2. The van der Waals surface area contributed by atoms with Crippen LogP contribution in [0, 0.1) is 10.1 Å². The Morgan fingerprint density at radius 3 is 2.61 bits per heavy atom. The third-order valence-corrected chi connectivity index (χ3v) is 4.01. The molecule has 0 aliphatic heterocycles. The molecule has 0 saturated heterocycles. The summed E-state index contributed by atoms with van der Waals surface area (Å²) in [5.41, 5.74) is 0.934. The maximum absolute atomic E-state index is 12.3. The van der Waals surface area contributed by atoms with Crippen molar-refractivity contribution < 1.29 is 19.2 Å². The van der Waals surface area contributed by atoms with Gasteiger partial charge in [-0.3, -0.25) is 19.7 Å². The number of thiophene rings is 1.